The van der Waals surface area contributed by atoms with E-state index < -0.39 is 0 Å². The summed E-state index contributed by atoms with van der Waals surface area (Å²) in [7, 11) is 3.93. The van der Waals surface area contributed by atoms with Crippen LogP contribution in [-0.2, 0) is 47.6 Å². The zero-order chi connectivity index (χ0) is 19.4. The van der Waals surface area contributed by atoms with E-state index in [1.54, 1.807) is 24.3 Å². The average Bonchev–Trinajstić information content (AvgIpc) is 2.68. The van der Waals surface area contributed by atoms with Crippen LogP contribution in [0, 0.1) is 0 Å². The molecule has 0 unspecified atom stereocenters. The fourth-order valence-corrected chi connectivity index (χ4v) is 3.40. The van der Waals surface area contributed by atoms with E-state index in [2.05, 4.69) is 9.80 Å². The number of piperazine rings is 1. The van der Waals surface area contributed by atoms with Crippen LogP contribution in [0.25, 0.3) is 0 Å². The van der Waals surface area contributed by atoms with Crippen LogP contribution in [0.2, 0.25) is 0 Å². The van der Waals surface area contributed by atoms with E-state index in [4.69, 9.17) is 30.0 Å². The third kappa shape index (κ3) is 5.95. The number of ether oxygens (including phenoxy) is 1. The van der Waals surface area contributed by atoms with Gasteiger partial charge >= 0.3 is 5.97 Å². The molecule has 2 aromatic carbocycles. The maximum Gasteiger partial charge on any atom is 0.343 e. The summed E-state index contributed by atoms with van der Waals surface area (Å²) in [6.07, 6.45) is 0. The van der Waals surface area contributed by atoms with Crippen LogP contribution in [0.1, 0.15) is 10.4 Å². The largest absolute Gasteiger partial charge is 0.800 e. The van der Waals surface area contributed by atoms with E-state index in [0.717, 1.165) is 37.6 Å². The van der Waals surface area contributed by atoms with Crippen molar-refractivity contribution in [1.29, 1.82) is 0 Å². The van der Waals surface area contributed by atoms with Crippen LogP contribution in [0.15, 0.2) is 48.5 Å². The minimum atomic E-state index is -0.357. The summed E-state index contributed by atoms with van der Waals surface area (Å²) in [5.41, 5.74) is 2.68. The molecule has 0 N–H and O–H groups in total. The number of carbonyl (C=O) groups excluding carboxylic acids is 1. The van der Waals surface area contributed by atoms with Gasteiger partial charge < -0.3 is 44.7 Å². The molecule has 1 radical (unpaired) electrons. The Hall–Kier alpha value is -1.09. The topological polar surface area (TPSA) is 36.0 Å². The van der Waals surface area contributed by atoms with Crippen molar-refractivity contribution in [1.82, 2.24) is 4.90 Å². The summed E-state index contributed by atoms with van der Waals surface area (Å²) in [6, 6.07) is 15.0. The SMILES string of the molecule is CN(C)c1ccc(OC(=O)c2ccc(N3CCN(C([S-])[S-])CC3)cc2)cc1.[Au]. The van der Waals surface area contributed by atoms with Crippen molar-refractivity contribution in [2.24, 2.45) is 0 Å². The van der Waals surface area contributed by atoms with E-state index in [1.165, 1.54) is 0 Å². The predicted molar refractivity (Wildman–Crippen MR) is 114 cm³/mol. The third-order valence-electron chi connectivity index (χ3n) is 4.64. The summed E-state index contributed by atoms with van der Waals surface area (Å²) in [6.45, 7) is 3.49. The Morgan fingerprint density at radius 1 is 0.964 bits per heavy atom. The monoisotopic (exact) mass is 598 g/mol. The van der Waals surface area contributed by atoms with Crippen LogP contribution in [0.3, 0.4) is 0 Å². The molecule has 1 aliphatic heterocycles. The summed E-state index contributed by atoms with van der Waals surface area (Å²) >= 11 is 10.3. The van der Waals surface area contributed by atoms with E-state index in [9.17, 15) is 4.79 Å². The Morgan fingerprint density at radius 3 is 2.04 bits per heavy atom. The summed E-state index contributed by atoms with van der Waals surface area (Å²) < 4.78 is 5.22. The second kappa shape index (κ2) is 10.6. The van der Waals surface area contributed by atoms with Gasteiger partial charge in [-0.05, 0) is 48.5 Å². The van der Waals surface area contributed by atoms with E-state index in [1.807, 2.05) is 43.3 Å². The van der Waals surface area contributed by atoms with Gasteiger partial charge in [-0.3, -0.25) is 0 Å². The first-order chi connectivity index (χ1) is 12.9. The van der Waals surface area contributed by atoms with Crippen molar-refractivity contribution in [2.75, 3.05) is 50.1 Å². The second-order valence-corrected chi connectivity index (χ2v) is 7.85. The minimum Gasteiger partial charge on any atom is -0.800 e. The molecule has 1 heterocycles. The number of benzene rings is 2. The van der Waals surface area contributed by atoms with Gasteiger partial charge in [0, 0.05) is 74.0 Å². The first-order valence-corrected chi connectivity index (χ1v) is 9.78. The minimum absolute atomic E-state index is 0. The molecule has 1 fully saturated rings. The Morgan fingerprint density at radius 2 is 1.54 bits per heavy atom. The van der Waals surface area contributed by atoms with Crippen molar-refractivity contribution in [3.05, 3.63) is 54.1 Å². The summed E-state index contributed by atoms with van der Waals surface area (Å²) in [4.78, 5) is 18.8. The van der Waals surface area contributed by atoms with E-state index >= 15 is 0 Å². The van der Waals surface area contributed by atoms with Crippen LogP contribution < -0.4 is 14.5 Å². The molecule has 0 spiro atoms. The number of hydrogen-bond acceptors (Lipinski definition) is 7. The Balaban J connectivity index is 0.00000280. The molecule has 0 saturated carbocycles. The number of esters is 1. The molecule has 1 saturated heterocycles. The molecule has 2 aromatic rings. The first-order valence-electron chi connectivity index (χ1n) is 8.84. The standard InChI is InChI=1S/C20H25N3O2S2.Au/c1-21(2)16-7-9-18(10-8-16)25-19(24)15-3-5-17(6-4-15)22-11-13-23(14-12-22)20(26)27;/h3-10,20,26-27H,11-14H2,1-2H3;/p-2. The fraction of sp³-hybridized carbons (Fsp3) is 0.350. The zero-order valence-electron chi connectivity index (χ0n) is 15.8. The molecule has 8 heteroatoms. The predicted octanol–water partition coefficient (Wildman–Crippen LogP) is 2.47. The van der Waals surface area contributed by atoms with Crippen LogP contribution in [-0.4, -0.2) is 55.8 Å². The van der Waals surface area contributed by atoms with Crippen molar-refractivity contribution in [2.45, 2.75) is 4.71 Å². The average molecular weight is 599 g/mol. The number of anilines is 2. The quantitative estimate of drug-likeness (QED) is 0.227. The molecule has 0 bridgehead atoms. The molecule has 1 aliphatic rings. The summed E-state index contributed by atoms with van der Waals surface area (Å²) in [5.74, 6) is 0.178. The zero-order valence-corrected chi connectivity index (χ0v) is 19.6. The van der Waals surface area contributed by atoms with Gasteiger partial charge in [-0.15, -0.1) is 0 Å². The van der Waals surface area contributed by atoms with Gasteiger partial charge in [-0.2, -0.15) is 0 Å². The van der Waals surface area contributed by atoms with Crippen LogP contribution in [0.4, 0.5) is 11.4 Å². The maximum atomic E-state index is 12.4. The van der Waals surface area contributed by atoms with Crippen LogP contribution in [0.5, 0.6) is 5.75 Å². The fourth-order valence-electron chi connectivity index (χ4n) is 2.98. The van der Waals surface area contributed by atoms with Gasteiger partial charge in [0.1, 0.15) is 5.75 Å². The van der Waals surface area contributed by atoms with Crippen molar-refractivity contribution in [3.63, 3.8) is 0 Å². The van der Waals surface area contributed by atoms with Crippen LogP contribution >= 0.6 is 0 Å². The van der Waals surface area contributed by atoms with Crippen molar-refractivity contribution < 1.29 is 31.9 Å². The summed E-state index contributed by atoms with van der Waals surface area (Å²) in [5, 5.41) is 0. The van der Waals surface area contributed by atoms with Crippen molar-refractivity contribution >= 4 is 42.6 Å². The van der Waals surface area contributed by atoms with Gasteiger partial charge in [-0.25, -0.2) is 9.50 Å². The van der Waals surface area contributed by atoms with Crippen molar-refractivity contribution in [3.8, 4) is 5.75 Å². The molecule has 5 nitrogen and oxygen atoms in total. The number of nitrogens with zero attached hydrogens (tertiary/aromatic N) is 3. The Kier molecular flexibility index (Phi) is 8.80. The molecule has 3 rings (SSSR count). The van der Waals surface area contributed by atoms with Gasteiger partial charge in [0.05, 0.1) is 5.56 Å². The van der Waals surface area contributed by atoms with Gasteiger partial charge in [0.15, 0.2) is 0 Å². The van der Waals surface area contributed by atoms with E-state index in [-0.39, 0.29) is 33.1 Å². The number of hydrogen-bond donors (Lipinski definition) is 0. The smallest absolute Gasteiger partial charge is 0.343 e. The molecule has 0 aliphatic carbocycles. The Bertz CT molecular complexity index is 762. The molecule has 155 valence electrons. The molecular weight excluding hydrogens is 575 g/mol. The number of rotatable bonds is 5. The number of carbonyl (C=O) groups is 1. The Labute approximate surface area is 193 Å². The molecular formula is C20H23AuN3O2S2-2. The second-order valence-electron chi connectivity index (χ2n) is 6.65. The molecule has 28 heavy (non-hydrogen) atoms. The molecule has 0 aromatic heterocycles. The third-order valence-corrected chi connectivity index (χ3v) is 5.24. The normalized spacial score (nSPS) is 14.5. The molecule has 0 amide bonds. The van der Waals surface area contributed by atoms with Gasteiger partial charge in [-0.1, -0.05) is 0 Å². The van der Waals surface area contributed by atoms with Gasteiger partial charge in [0.2, 0.25) is 0 Å². The molecule has 0 atom stereocenters. The van der Waals surface area contributed by atoms with Gasteiger partial charge in [0.25, 0.3) is 0 Å². The maximum absolute atomic E-state index is 12.4. The first kappa shape index (κ1) is 23.2. The van der Waals surface area contributed by atoms with E-state index in [0.29, 0.717) is 11.3 Å².